The van der Waals surface area contributed by atoms with E-state index in [1.165, 1.54) is 6.07 Å². The Hall–Kier alpha value is -2.14. The van der Waals surface area contributed by atoms with Crippen molar-refractivity contribution in [2.45, 2.75) is 25.4 Å². The fraction of sp³-hybridized carbons (Fsp3) is 0.278. The predicted octanol–water partition coefficient (Wildman–Crippen LogP) is 4.20. The zero-order valence-electron chi connectivity index (χ0n) is 13.0. The monoisotopic (exact) mass is 330 g/mol. The maximum atomic E-state index is 13.9. The minimum atomic E-state index is -0.192. The summed E-state index contributed by atoms with van der Waals surface area (Å²) in [6.45, 7) is 0.479. The van der Waals surface area contributed by atoms with Gasteiger partial charge < -0.3 is 15.0 Å². The van der Waals surface area contributed by atoms with E-state index in [4.69, 9.17) is 17.0 Å². The van der Waals surface area contributed by atoms with Gasteiger partial charge in [0.25, 0.3) is 0 Å². The maximum Gasteiger partial charge on any atom is 0.173 e. The lowest BCUT2D eigenvalue weighted by molar-refractivity contribution is 0.399. The quantitative estimate of drug-likeness (QED) is 0.831. The molecule has 0 spiro atoms. The van der Waals surface area contributed by atoms with Crippen molar-refractivity contribution in [2.24, 2.45) is 0 Å². The molecule has 3 nitrogen and oxygen atoms in total. The molecular formula is C18H19FN2OS. The number of nitrogens with one attached hydrogen (secondary N) is 1. The Kier molecular flexibility index (Phi) is 4.76. The molecule has 0 saturated heterocycles. The van der Waals surface area contributed by atoms with Crippen molar-refractivity contribution >= 4 is 23.0 Å². The summed E-state index contributed by atoms with van der Waals surface area (Å²) < 4.78 is 19.1. The molecule has 0 bridgehead atoms. The van der Waals surface area contributed by atoms with Crippen molar-refractivity contribution in [1.29, 1.82) is 0 Å². The van der Waals surface area contributed by atoms with Gasteiger partial charge in [0, 0.05) is 29.9 Å². The molecule has 23 heavy (non-hydrogen) atoms. The molecule has 1 aliphatic carbocycles. The Balaban J connectivity index is 1.73. The largest absolute Gasteiger partial charge is 0.497 e. The lowest BCUT2D eigenvalue weighted by atomic mass is 10.2. The first-order valence-corrected chi connectivity index (χ1v) is 8.03. The van der Waals surface area contributed by atoms with Crippen LogP contribution in [0.2, 0.25) is 0 Å². The second-order valence-corrected chi connectivity index (χ2v) is 6.00. The van der Waals surface area contributed by atoms with Crippen LogP contribution < -0.4 is 10.1 Å². The van der Waals surface area contributed by atoms with E-state index in [1.54, 1.807) is 19.2 Å². The van der Waals surface area contributed by atoms with Crippen LogP contribution in [0.3, 0.4) is 0 Å². The van der Waals surface area contributed by atoms with Crippen LogP contribution in [0.4, 0.5) is 10.1 Å². The summed E-state index contributed by atoms with van der Waals surface area (Å²) in [6.07, 6.45) is 2.18. The first-order chi connectivity index (χ1) is 11.2. The van der Waals surface area contributed by atoms with Crippen molar-refractivity contribution in [3.63, 3.8) is 0 Å². The second kappa shape index (κ2) is 6.96. The van der Waals surface area contributed by atoms with Crippen molar-refractivity contribution in [3.8, 4) is 5.75 Å². The lowest BCUT2D eigenvalue weighted by Gasteiger charge is -2.26. The molecule has 0 atom stereocenters. The van der Waals surface area contributed by atoms with E-state index >= 15 is 0 Å². The van der Waals surface area contributed by atoms with Crippen LogP contribution in [0.5, 0.6) is 5.75 Å². The third-order valence-electron chi connectivity index (χ3n) is 3.87. The summed E-state index contributed by atoms with van der Waals surface area (Å²) in [5, 5.41) is 3.85. The Morgan fingerprint density at radius 2 is 2.04 bits per heavy atom. The first kappa shape index (κ1) is 15.7. The molecule has 0 unspecified atom stereocenters. The highest BCUT2D eigenvalue weighted by Crippen LogP contribution is 2.30. The zero-order chi connectivity index (χ0) is 16.2. The van der Waals surface area contributed by atoms with Gasteiger partial charge in [-0.1, -0.05) is 24.3 Å². The van der Waals surface area contributed by atoms with E-state index in [0.29, 0.717) is 23.3 Å². The van der Waals surface area contributed by atoms with E-state index < -0.39 is 0 Å². The zero-order valence-corrected chi connectivity index (χ0v) is 13.8. The summed E-state index contributed by atoms with van der Waals surface area (Å²) in [4.78, 5) is 2.06. The number of thiocarbonyl (C=S) groups is 1. The fourth-order valence-electron chi connectivity index (χ4n) is 2.46. The van der Waals surface area contributed by atoms with Crippen LogP contribution in [0, 0.1) is 5.82 Å². The maximum absolute atomic E-state index is 13.9. The van der Waals surface area contributed by atoms with Gasteiger partial charge in [0.2, 0.25) is 0 Å². The van der Waals surface area contributed by atoms with E-state index in [1.807, 2.05) is 30.3 Å². The van der Waals surface area contributed by atoms with Gasteiger partial charge in [0.15, 0.2) is 5.11 Å². The van der Waals surface area contributed by atoms with Gasteiger partial charge in [0.05, 0.1) is 7.11 Å². The number of hydrogen-bond acceptors (Lipinski definition) is 2. The molecule has 0 radical (unpaired) electrons. The molecule has 1 N–H and O–H groups in total. The average molecular weight is 330 g/mol. The third kappa shape index (κ3) is 3.99. The van der Waals surface area contributed by atoms with Crippen molar-refractivity contribution < 1.29 is 9.13 Å². The number of methoxy groups -OCH3 is 1. The van der Waals surface area contributed by atoms with Gasteiger partial charge in [-0.3, -0.25) is 0 Å². The molecule has 0 aliphatic heterocycles. The van der Waals surface area contributed by atoms with Crippen molar-refractivity contribution in [1.82, 2.24) is 4.90 Å². The Morgan fingerprint density at radius 1 is 1.26 bits per heavy atom. The van der Waals surface area contributed by atoms with Crippen LogP contribution in [-0.2, 0) is 6.54 Å². The predicted molar refractivity (Wildman–Crippen MR) is 94.2 cm³/mol. The summed E-state index contributed by atoms with van der Waals surface area (Å²) in [5.74, 6) is 0.576. The highest BCUT2D eigenvalue weighted by atomic mass is 32.1. The van der Waals surface area contributed by atoms with Crippen molar-refractivity contribution in [2.75, 3.05) is 12.4 Å². The number of halogens is 1. The van der Waals surface area contributed by atoms with E-state index in [-0.39, 0.29) is 5.82 Å². The molecule has 3 rings (SSSR count). The van der Waals surface area contributed by atoms with Gasteiger partial charge in [0.1, 0.15) is 11.6 Å². The molecule has 1 saturated carbocycles. The molecular weight excluding hydrogens is 311 g/mol. The number of hydrogen-bond donors (Lipinski definition) is 1. The van der Waals surface area contributed by atoms with Crippen LogP contribution in [0.1, 0.15) is 18.4 Å². The van der Waals surface area contributed by atoms with E-state index in [0.717, 1.165) is 24.3 Å². The molecule has 0 aromatic heterocycles. The Bertz CT molecular complexity index is 703. The van der Waals surface area contributed by atoms with Gasteiger partial charge in [-0.2, -0.15) is 0 Å². The van der Waals surface area contributed by atoms with Crippen molar-refractivity contribution in [3.05, 3.63) is 59.9 Å². The van der Waals surface area contributed by atoms with Gasteiger partial charge in [-0.05, 0) is 43.3 Å². The summed E-state index contributed by atoms with van der Waals surface area (Å²) in [5.41, 5.74) is 1.53. The third-order valence-corrected chi connectivity index (χ3v) is 4.20. The van der Waals surface area contributed by atoms with Crippen LogP contribution >= 0.6 is 12.2 Å². The summed E-state index contributed by atoms with van der Waals surface area (Å²) >= 11 is 5.55. The standard InChI is InChI=1S/C18H19FN2OS/c1-22-16-7-4-6-14(11-16)20-18(23)21(15-9-10-15)12-13-5-2-3-8-17(13)19/h2-8,11,15H,9-10,12H2,1H3,(H,20,23). The molecule has 120 valence electrons. The molecule has 1 aliphatic rings. The minimum Gasteiger partial charge on any atom is -0.497 e. The Labute approximate surface area is 141 Å². The molecule has 5 heteroatoms. The lowest BCUT2D eigenvalue weighted by Crippen LogP contribution is -2.36. The SMILES string of the molecule is COc1cccc(NC(=S)N(Cc2ccccc2F)C2CC2)c1. The normalized spacial score (nSPS) is 13.5. The van der Waals surface area contributed by atoms with Crippen LogP contribution in [0.15, 0.2) is 48.5 Å². The number of rotatable bonds is 5. The number of ether oxygens (including phenoxy) is 1. The second-order valence-electron chi connectivity index (χ2n) is 5.61. The van der Waals surface area contributed by atoms with Gasteiger partial charge in [-0.25, -0.2) is 4.39 Å². The Morgan fingerprint density at radius 3 is 2.74 bits per heavy atom. The highest BCUT2D eigenvalue weighted by Gasteiger charge is 2.31. The fourth-order valence-corrected chi connectivity index (χ4v) is 2.79. The first-order valence-electron chi connectivity index (χ1n) is 7.62. The molecule has 2 aromatic carbocycles. The van der Waals surface area contributed by atoms with Crippen LogP contribution in [0.25, 0.3) is 0 Å². The smallest absolute Gasteiger partial charge is 0.173 e. The number of nitrogens with zero attached hydrogens (tertiary/aromatic N) is 1. The van der Waals surface area contributed by atoms with Gasteiger partial charge in [-0.15, -0.1) is 0 Å². The topological polar surface area (TPSA) is 24.5 Å². The molecule has 2 aromatic rings. The van der Waals surface area contributed by atoms with Gasteiger partial charge >= 0.3 is 0 Å². The number of benzene rings is 2. The van der Waals surface area contributed by atoms with E-state index in [9.17, 15) is 4.39 Å². The minimum absolute atomic E-state index is 0.192. The van der Waals surface area contributed by atoms with Crippen LogP contribution in [-0.4, -0.2) is 23.2 Å². The molecule has 1 fully saturated rings. The van der Waals surface area contributed by atoms with E-state index in [2.05, 4.69) is 10.2 Å². The summed E-state index contributed by atoms with van der Waals surface area (Å²) in [7, 11) is 1.63. The molecule has 0 amide bonds. The molecule has 0 heterocycles. The summed E-state index contributed by atoms with van der Waals surface area (Å²) in [6, 6.07) is 14.8. The average Bonchev–Trinajstić information content (AvgIpc) is 3.39. The number of anilines is 1. The highest BCUT2D eigenvalue weighted by molar-refractivity contribution is 7.80.